The first-order valence-electron chi connectivity index (χ1n) is 7.22. The molecular weight excluding hydrogens is 328 g/mol. The molecule has 0 aliphatic heterocycles. The van der Waals surface area contributed by atoms with Crippen molar-refractivity contribution in [3.8, 4) is 5.75 Å². The number of rotatable bonds is 5. The number of hydrogen-bond acceptors (Lipinski definition) is 4. The predicted octanol–water partition coefficient (Wildman–Crippen LogP) is 3.24. The number of halogens is 1. The summed E-state index contributed by atoms with van der Waals surface area (Å²) < 4.78 is 6.93. The number of nitrogens with one attached hydrogen (secondary N) is 1. The number of ether oxygens (including phenoxy) is 1. The first-order chi connectivity index (χ1) is 11.7. The number of carbonyl (C=O) groups excluding carboxylic acids is 1. The summed E-state index contributed by atoms with van der Waals surface area (Å²) in [7, 11) is 1.51. The van der Waals surface area contributed by atoms with E-state index in [2.05, 4.69) is 15.4 Å². The Balaban J connectivity index is 1.72. The van der Waals surface area contributed by atoms with Gasteiger partial charge >= 0.3 is 0 Å². The summed E-state index contributed by atoms with van der Waals surface area (Å²) in [5.41, 5.74) is 2.12. The van der Waals surface area contributed by atoms with E-state index in [0.717, 1.165) is 5.56 Å². The van der Waals surface area contributed by atoms with E-state index < -0.39 is 0 Å². The summed E-state index contributed by atoms with van der Waals surface area (Å²) in [4.78, 5) is 16.3. The van der Waals surface area contributed by atoms with Crippen LogP contribution in [0.5, 0.6) is 5.75 Å². The number of methoxy groups -OCH3 is 1. The third kappa shape index (κ3) is 3.72. The summed E-state index contributed by atoms with van der Waals surface area (Å²) in [5, 5.41) is 7.37. The molecule has 2 aromatic carbocycles. The van der Waals surface area contributed by atoms with Gasteiger partial charge in [0, 0.05) is 10.7 Å². The lowest BCUT2D eigenvalue weighted by Crippen LogP contribution is -2.13. The molecule has 0 spiro atoms. The molecule has 0 aliphatic carbocycles. The highest BCUT2D eigenvalue weighted by atomic mass is 35.5. The van der Waals surface area contributed by atoms with Gasteiger partial charge in [-0.3, -0.25) is 4.79 Å². The first-order valence-corrected chi connectivity index (χ1v) is 7.60. The molecule has 0 saturated heterocycles. The van der Waals surface area contributed by atoms with E-state index in [1.807, 2.05) is 24.3 Å². The number of amides is 1. The van der Waals surface area contributed by atoms with Crippen molar-refractivity contribution >= 4 is 23.2 Å². The molecule has 6 nitrogen and oxygen atoms in total. The van der Waals surface area contributed by atoms with Crippen molar-refractivity contribution in [2.75, 3.05) is 12.4 Å². The van der Waals surface area contributed by atoms with E-state index in [-0.39, 0.29) is 5.91 Å². The van der Waals surface area contributed by atoms with Crippen molar-refractivity contribution in [3.05, 3.63) is 71.3 Å². The highest BCUT2D eigenvalue weighted by Gasteiger charge is 2.13. The maximum absolute atomic E-state index is 12.4. The lowest BCUT2D eigenvalue weighted by atomic mass is 10.1. The van der Waals surface area contributed by atoms with Gasteiger partial charge in [0.05, 0.1) is 19.2 Å². The van der Waals surface area contributed by atoms with Crippen LogP contribution in [0.1, 0.15) is 15.9 Å². The Morgan fingerprint density at radius 2 is 2.04 bits per heavy atom. The normalized spacial score (nSPS) is 10.4. The van der Waals surface area contributed by atoms with E-state index in [4.69, 9.17) is 16.3 Å². The molecule has 0 radical (unpaired) electrons. The van der Waals surface area contributed by atoms with Gasteiger partial charge in [-0.25, -0.2) is 9.67 Å². The molecule has 0 atom stereocenters. The van der Waals surface area contributed by atoms with Crippen LogP contribution >= 0.6 is 11.6 Å². The molecule has 7 heteroatoms. The van der Waals surface area contributed by atoms with Crippen LogP contribution in [0, 0.1) is 0 Å². The lowest BCUT2D eigenvalue weighted by Gasteiger charge is -2.10. The molecule has 1 aromatic heterocycles. The summed E-state index contributed by atoms with van der Waals surface area (Å²) >= 11 is 5.96. The number of anilines is 1. The van der Waals surface area contributed by atoms with Crippen molar-refractivity contribution < 1.29 is 9.53 Å². The largest absolute Gasteiger partial charge is 0.496 e. The van der Waals surface area contributed by atoms with Crippen LogP contribution in [0.3, 0.4) is 0 Å². The van der Waals surface area contributed by atoms with Gasteiger partial charge in [0.1, 0.15) is 18.4 Å². The fourth-order valence-corrected chi connectivity index (χ4v) is 2.42. The van der Waals surface area contributed by atoms with E-state index in [9.17, 15) is 4.79 Å². The third-order valence-electron chi connectivity index (χ3n) is 3.43. The monoisotopic (exact) mass is 342 g/mol. The molecule has 1 amide bonds. The maximum atomic E-state index is 12.4. The second-order valence-corrected chi connectivity index (χ2v) is 5.53. The first kappa shape index (κ1) is 16.0. The Bertz CT molecular complexity index is 832. The van der Waals surface area contributed by atoms with Crippen LogP contribution in [0.25, 0.3) is 0 Å². The van der Waals surface area contributed by atoms with Crippen molar-refractivity contribution in [2.45, 2.75) is 6.54 Å². The number of hydrogen-bond donors (Lipinski definition) is 1. The quantitative estimate of drug-likeness (QED) is 0.772. The van der Waals surface area contributed by atoms with E-state index in [0.29, 0.717) is 28.6 Å². The van der Waals surface area contributed by atoms with E-state index >= 15 is 0 Å². The fraction of sp³-hybridized carbons (Fsp3) is 0.118. The molecule has 0 fully saturated rings. The zero-order valence-corrected chi connectivity index (χ0v) is 13.7. The Morgan fingerprint density at radius 3 is 2.71 bits per heavy atom. The van der Waals surface area contributed by atoms with Gasteiger partial charge in [-0.15, -0.1) is 0 Å². The van der Waals surface area contributed by atoms with Gasteiger partial charge in [0.2, 0.25) is 0 Å². The minimum atomic E-state index is -0.279. The Morgan fingerprint density at radius 1 is 1.25 bits per heavy atom. The minimum absolute atomic E-state index is 0.279. The van der Waals surface area contributed by atoms with Crippen LogP contribution in [-0.2, 0) is 6.54 Å². The molecule has 0 unspecified atom stereocenters. The van der Waals surface area contributed by atoms with Crippen molar-refractivity contribution in [1.82, 2.24) is 14.8 Å². The standard InChI is InChI=1S/C17H15ClN4O2/c1-24-16-7-4-13(18)8-15(16)17(23)21-14-5-2-12(3-6-14)9-22-11-19-10-20-22/h2-8,10-11H,9H2,1H3,(H,21,23). The molecule has 0 saturated carbocycles. The van der Waals surface area contributed by atoms with Gasteiger partial charge in [0.25, 0.3) is 5.91 Å². The highest BCUT2D eigenvalue weighted by Crippen LogP contribution is 2.23. The van der Waals surface area contributed by atoms with Gasteiger partial charge < -0.3 is 10.1 Å². The van der Waals surface area contributed by atoms with Gasteiger partial charge in [-0.1, -0.05) is 23.7 Å². The average Bonchev–Trinajstić information content (AvgIpc) is 3.09. The molecule has 3 aromatic rings. The Hall–Kier alpha value is -2.86. The van der Waals surface area contributed by atoms with Gasteiger partial charge in [-0.2, -0.15) is 5.10 Å². The van der Waals surface area contributed by atoms with Crippen LogP contribution < -0.4 is 10.1 Å². The smallest absolute Gasteiger partial charge is 0.259 e. The molecule has 0 aliphatic rings. The molecule has 1 N–H and O–H groups in total. The average molecular weight is 343 g/mol. The van der Waals surface area contributed by atoms with Crippen LogP contribution in [0.2, 0.25) is 5.02 Å². The Kier molecular flexibility index (Phi) is 4.77. The lowest BCUT2D eigenvalue weighted by molar-refractivity contribution is 0.102. The summed E-state index contributed by atoms with van der Waals surface area (Å²) in [6, 6.07) is 12.4. The maximum Gasteiger partial charge on any atom is 0.259 e. The molecule has 24 heavy (non-hydrogen) atoms. The highest BCUT2D eigenvalue weighted by molar-refractivity contribution is 6.31. The summed E-state index contributed by atoms with van der Waals surface area (Å²) in [6.07, 6.45) is 3.15. The van der Waals surface area contributed by atoms with E-state index in [1.165, 1.54) is 13.4 Å². The minimum Gasteiger partial charge on any atom is -0.496 e. The molecule has 0 bridgehead atoms. The predicted molar refractivity (Wildman–Crippen MR) is 91.5 cm³/mol. The van der Waals surface area contributed by atoms with Crippen molar-refractivity contribution in [2.24, 2.45) is 0 Å². The number of aromatic nitrogens is 3. The number of carbonyl (C=O) groups is 1. The van der Waals surface area contributed by atoms with Crippen molar-refractivity contribution in [1.29, 1.82) is 0 Å². The number of benzene rings is 2. The van der Waals surface area contributed by atoms with Crippen LogP contribution in [-0.4, -0.2) is 27.8 Å². The number of nitrogens with zero attached hydrogens (tertiary/aromatic N) is 3. The molecule has 3 rings (SSSR count). The Labute approximate surface area is 144 Å². The van der Waals surface area contributed by atoms with Gasteiger partial charge in [0.15, 0.2) is 0 Å². The molecule has 1 heterocycles. The van der Waals surface area contributed by atoms with Crippen LogP contribution in [0.4, 0.5) is 5.69 Å². The summed E-state index contributed by atoms with van der Waals surface area (Å²) in [6.45, 7) is 0.621. The zero-order chi connectivity index (χ0) is 16.9. The van der Waals surface area contributed by atoms with Gasteiger partial charge in [-0.05, 0) is 35.9 Å². The third-order valence-corrected chi connectivity index (χ3v) is 3.66. The fourth-order valence-electron chi connectivity index (χ4n) is 2.25. The van der Waals surface area contributed by atoms with Crippen LogP contribution in [0.15, 0.2) is 55.1 Å². The summed E-state index contributed by atoms with van der Waals surface area (Å²) in [5.74, 6) is 0.193. The molecule has 122 valence electrons. The second kappa shape index (κ2) is 7.14. The molecular formula is C17H15ClN4O2. The SMILES string of the molecule is COc1ccc(Cl)cc1C(=O)Nc1ccc(Cn2cncn2)cc1. The zero-order valence-electron chi connectivity index (χ0n) is 12.9. The van der Waals surface area contributed by atoms with E-state index in [1.54, 1.807) is 29.2 Å². The second-order valence-electron chi connectivity index (χ2n) is 5.09. The topological polar surface area (TPSA) is 69.0 Å². The van der Waals surface area contributed by atoms with Crippen molar-refractivity contribution in [3.63, 3.8) is 0 Å².